The molecule has 2 heteroatoms. The van der Waals surface area contributed by atoms with E-state index in [1.165, 1.54) is 25.8 Å². The molecule has 0 aliphatic carbocycles. The summed E-state index contributed by atoms with van der Waals surface area (Å²) in [7, 11) is 0. The van der Waals surface area contributed by atoms with Crippen LogP contribution in [0.3, 0.4) is 0 Å². The summed E-state index contributed by atoms with van der Waals surface area (Å²) >= 11 is 0. The van der Waals surface area contributed by atoms with Crippen molar-refractivity contribution in [3.8, 4) is 0 Å². The molecule has 2 aliphatic heterocycles. The van der Waals surface area contributed by atoms with E-state index < -0.39 is 0 Å². The van der Waals surface area contributed by atoms with Crippen molar-refractivity contribution in [3.63, 3.8) is 0 Å². The Balaban J connectivity index is 1.88. The lowest BCUT2D eigenvalue weighted by molar-refractivity contribution is 0.0955. The molecule has 0 aromatic heterocycles. The lowest BCUT2D eigenvalue weighted by Crippen LogP contribution is -2.30. The molecule has 2 nitrogen and oxygen atoms in total. The van der Waals surface area contributed by atoms with E-state index in [0.717, 1.165) is 13.2 Å². The van der Waals surface area contributed by atoms with Gasteiger partial charge in [-0.3, -0.25) is 0 Å². The van der Waals surface area contributed by atoms with Crippen LogP contribution in [0.5, 0.6) is 0 Å². The lowest BCUT2D eigenvalue weighted by atomic mass is 10.2. The Morgan fingerprint density at radius 2 is 2.58 bits per heavy atom. The van der Waals surface area contributed by atoms with Crippen LogP contribution in [-0.4, -0.2) is 30.7 Å². The molecule has 2 rings (SSSR count). The summed E-state index contributed by atoms with van der Waals surface area (Å²) < 4.78 is 5.46. The molecule has 0 bridgehead atoms. The average molecular weight is 167 g/mol. The van der Waals surface area contributed by atoms with E-state index in [9.17, 15) is 0 Å². The van der Waals surface area contributed by atoms with E-state index in [0.29, 0.717) is 6.04 Å². The molecule has 0 unspecified atom stereocenters. The molecule has 0 aromatic rings. The first-order valence-corrected chi connectivity index (χ1v) is 4.95. The second-order valence-corrected chi connectivity index (χ2v) is 3.53. The third kappa shape index (κ3) is 1.36. The van der Waals surface area contributed by atoms with Gasteiger partial charge in [0.25, 0.3) is 0 Å². The van der Waals surface area contributed by atoms with Gasteiger partial charge in [-0.15, -0.1) is 0 Å². The van der Waals surface area contributed by atoms with Crippen LogP contribution in [-0.2, 0) is 4.74 Å². The highest BCUT2D eigenvalue weighted by atomic mass is 16.5. The lowest BCUT2D eigenvalue weighted by Gasteiger charge is -2.23. The Kier molecular flexibility index (Phi) is 2.35. The van der Waals surface area contributed by atoms with Gasteiger partial charge < -0.3 is 9.64 Å². The number of hydrogen-bond acceptors (Lipinski definition) is 2. The maximum Gasteiger partial charge on any atom is 0.0669 e. The second-order valence-electron chi connectivity index (χ2n) is 3.53. The number of hydrogen-bond donors (Lipinski definition) is 0. The molecule has 0 saturated carbocycles. The maximum absolute atomic E-state index is 5.46. The molecule has 0 aromatic carbocycles. The standard InChI is InChI=1S/C10H17NO/c1-2-12-8-10-6-5-9-4-3-7-11(9)10/h4,10H,2-3,5-8H2,1H3/t10-/m0/s1. The maximum atomic E-state index is 5.46. The molecule has 1 atom stereocenters. The first-order valence-electron chi connectivity index (χ1n) is 4.95. The van der Waals surface area contributed by atoms with Crippen LogP contribution in [0.15, 0.2) is 11.8 Å². The summed E-state index contributed by atoms with van der Waals surface area (Å²) in [6, 6.07) is 0.679. The predicted molar refractivity (Wildman–Crippen MR) is 48.9 cm³/mol. The zero-order valence-electron chi connectivity index (χ0n) is 7.75. The zero-order valence-corrected chi connectivity index (χ0v) is 7.75. The first kappa shape index (κ1) is 8.11. The monoisotopic (exact) mass is 167 g/mol. The van der Waals surface area contributed by atoms with E-state index in [4.69, 9.17) is 4.74 Å². The molecular formula is C10H17NO. The minimum absolute atomic E-state index is 0.679. The third-order valence-electron chi connectivity index (χ3n) is 2.81. The molecule has 12 heavy (non-hydrogen) atoms. The van der Waals surface area contributed by atoms with Gasteiger partial charge in [0.15, 0.2) is 0 Å². The SMILES string of the molecule is CCOC[C@@H]1CCC2=CCCN21. The highest BCUT2D eigenvalue weighted by Crippen LogP contribution is 2.31. The Morgan fingerprint density at radius 1 is 1.67 bits per heavy atom. The van der Waals surface area contributed by atoms with Gasteiger partial charge in [-0.2, -0.15) is 0 Å². The van der Waals surface area contributed by atoms with Crippen LogP contribution in [0.2, 0.25) is 0 Å². The van der Waals surface area contributed by atoms with Gasteiger partial charge in [0, 0.05) is 18.8 Å². The number of allylic oxidation sites excluding steroid dienone is 1. The minimum atomic E-state index is 0.679. The summed E-state index contributed by atoms with van der Waals surface area (Å²) in [6.45, 7) is 5.07. The van der Waals surface area contributed by atoms with Crippen LogP contribution in [0.1, 0.15) is 26.2 Å². The van der Waals surface area contributed by atoms with Crippen molar-refractivity contribution in [2.24, 2.45) is 0 Å². The van der Waals surface area contributed by atoms with Gasteiger partial charge in [0.05, 0.1) is 12.6 Å². The van der Waals surface area contributed by atoms with E-state index in [1.54, 1.807) is 5.70 Å². The number of fused-ring (bicyclic) bond motifs is 1. The van der Waals surface area contributed by atoms with Crippen molar-refractivity contribution >= 4 is 0 Å². The fourth-order valence-corrected chi connectivity index (χ4v) is 2.19. The first-order chi connectivity index (χ1) is 5.92. The molecule has 1 fully saturated rings. The van der Waals surface area contributed by atoms with Crippen molar-refractivity contribution in [3.05, 3.63) is 11.8 Å². The van der Waals surface area contributed by atoms with Gasteiger partial charge in [-0.1, -0.05) is 6.08 Å². The van der Waals surface area contributed by atoms with E-state index in [2.05, 4.69) is 17.9 Å². The molecular weight excluding hydrogens is 150 g/mol. The quantitative estimate of drug-likeness (QED) is 0.635. The summed E-state index contributed by atoms with van der Waals surface area (Å²) in [6.07, 6.45) is 6.20. The highest BCUT2D eigenvalue weighted by Gasteiger charge is 2.29. The number of rotatable bonds is 3. The van der Waals surface area contributed by atoms with Crippen LogP contribution in [0.25, 0.3) is 0 Å². The van der Waals surface area contributed by atoms with Crippen molar-refractivity contribution in [2.45, 2.75) is 32.2 Å². The van der Waals surface area contributed by atoms with Crippen molar-refractivity contribution < 1.29 is 4.74 Å². The number of ether oxygens (including phenoxy) is 1. The average Bonchev–Trinajstić information content (AvgIpc) is 2.62. The summed E-state index contributed by atoms with van der Waals surface area (Å²) in [5.41, 5.74) is 1.57. The Labute approximate surface area is 74.2 Å². The van der Waals surface area contributed by atoms with E-state index >= 15 is 0 Å². The second kappa shape index (κ2) is 3.48. The summed E-state index contributed by atoms with van der Waals surface area (Å²) in [5.74, 6) is 0. The molecule has 0 N–H and O–H groups in total. The molecule has 0 radical (unpaired) electrons. The fourth-order valence-electron chi connectivity index (χ4n) is 2.19. The number of nitrogens with zero attached hydrogens (tertiary/aromatic N) is 1. The van der Waals surface area contributed by atoms with Gasteiger partial charge >= 0.3 is 0 Å². The molecule has 0 spiro atoms. The molecule has 2 aliphatic rings. The summed E-state index contributed by atoms with van der Waals surface area (Å²) in [4.78, 5) is 2.52. The molecule has 1 saturated heterocycles. The van der Waals surface area contributed by atoms with Crippen LogP contribution < -0.4 is 0 Å². The zero-order chi connectivity index (χ0) is 8.39. The van der Waals surface area contributed by atoms with Crippen molar-refractivity contribution in [2.75, 3.05) is 19.8 Å². The topological polar surface area (TPSA) is 12.5 Å². The Hall–Kier alpha value is -0.500. The molecule has 2 heterocycles. The third-order valence-corrected chi connectivity index (χ3v) is 2.81. The van der Waals surface area contributed by atoms with Gasteiger partial charge in [0.2, 0.25) is 0 Å². The molecule has 68 valence electrons. The van der Waals surface area contributed by atoms with Crippen molar-refractivity contribution in [1.29, 1.82) is 0 Å². The van der Waals surface area contributed by atoms with Gasteiger partial charge in [-0.25, -0.2) is 0 Å². The highest BCUT2D eigenvalue weighted by molar-refractivity contribution is 5.14. The fraction of sp³-hybridized carbons (Fsp3) is 0.800. The van der Waals surface area contributed by atoms with Gasteiger partial charge in [0.1, 0.15) is 0 Å². The minimum Gasteiger partial charge on any atom is -0.380 e. The largest absolute Gasteiger partial charge is 0.380 e. The predicted octanol–water partition coefficient (Wildman–Crippen LogP) is 1.77. The van der Waals surface area contributed by atoms with Crippen LogP contribution in [0, 0.1) is 0 Å². The van der Waals surface area contributed by atoms with Gasteiger partial charge in [-0.05, 0) is 26.2 Å². The van der Waals surface area contributed by atoms with Crippen LogP contribution >= 0.6 is 0 Å². The van der Waals surface area contributed by atoms with E-state index in [-0.39, 0.29) is 0 Å². The van der Waals surface area contributed by atoms with E-state index in [1.807, 2.05) is 0 Å². The Morgan fingerprint density at radius 3 is 3.42 bits per heavy atom. The normalized spacial score (nSPS) is 27.6. The smallest absolute Gasteiger partial charge is 0.0669 e. The molecule has 0 amide bonds. The van der Waals surface area contributed by atoms with Crippen molar-refractivity contribution in [1.82, 2.24) is 4.90 Å². The van der Waals surface area contributed by atoms with Crippen LogP contribution in [0.4, 0.5) is 0 Å². The summed E-state index contributed by atoms with van der Waals surface area (Å²) in [5, 5.41) is 0. The Bertz CT molecular complexity index is 188.